The van der Waals surface area contributed by atoms with Gasteiger partial charge in [-0.15, -0.1) is 11.6 Å². The maximum absolute atomic E-state index is 13.0. The molecule has 0 aliphatic heterocycles. The van der Waals surface area contributed by atoms with Crippen molar-refractivity contribution in [2.75, 3.05) is 5.88 Å². The van der Waals surface area contributed by atoms with Gasteiger partial charge < -0.3 is 0 Å². The Morgan fingerprint density at radius 2 is 2.36 bits per heavy atom. The number of rotatable bonds is 1. The second kappa shape index (κ2) is 2.73. The Labute approximate surface area is 88.1 Å². The van der Waals surface area contributed by atoms with Crippen LogP contribution in [0.2, 0.25) is 0 Å². The quantitative estimate of drug-likeness (QED) is 0.625. The van der Waals surface area contributed by atoms with Crippen molar-refractivity contribution in [1.29, 1.82) is 0 Å². The van der Waals surface area contributed by atoms with Gasteiger partial charge in [0.25, 0.3) is 0 Å². The first-order valence-electron chi connectivity index (χ1n) is 5.11. The molecule has 0 saturated heterocycles. The summed E-state index contributed by atoms with van der Waals surface area (Å²) in [5, 5.41) is 0. The van der Waals surface area contributed by atoms with E-state index in [1.165, 1.54) is 24.0 Å². The lowest BCUT2D eigenvalue weighted by Crippen LogP contribution is -2.05. The molecule has 0 amide bonds. The summed E-state index contributed by atoms with van der Waals surface area (Å²) in [6.45, 7) is 0. The van der Waals surface area contributed by atoms with Gasteiger partial charge in [0.2, 0.25) is 0 Å². The highest BCUT2D eigenvalue weighted by Gasteiger charge is 2.57. The third-order valence-corrected chi connectivity index (χ3v) is 4.23. The molecule has 2 aliphatic rings. The lowest BCUT2D eigenvalue weighted by atomic mass is 9.96. The number of fused-ring (bicyclic) bond motifs is 2. The maximum Gasteiger partial charge on any atom is 0.123 e. The molecule has 74 valence electrons. The van der Waals surface area contributed by atoms with E-state index in [0.29, 0.717) is 11.3 Å². The van der Waals surface area contributed by atoms with Crippen molar-refractivity contribution in [2.45, 2.75) is 24.7 Å². The first-order valence-corrected chi connectivity index (χ1v) is 5.64. The van der Waals surface area contributed by atoms with E-state index in [1.807, 2.05) is 6.07 Å². The molecular weight excluding hydrogens is 199 g/mol. The van der Waals surface area contributed by atoms with Crippen LogP contribution in [-0.4, -0.2) is 5.88 Å². The van der Waals surface area contributed by atoms with E-state index in [9.17, 15) is 4.39 Å². The van der Waals surface area contributed by atoms with Crippen LogP contribution in [0.5, 0.6) is 0 Å². The number of benzene rings is 1. The summed E-state index contributed by atoms with van der Waals surface area (Å²) >= 11 is 5.89. The predicted molar refractivity (Wildman–Crippen MR) is 55.2 cm³/mol. The molecule has 0 radical (unpaired) electrons. The van der Waals surface area contributed by atoms with E-state index in [0.717, 1.165) is 12.3 Å². The molecule has 3 rings (SSSR count). The summed E-state index contributed by atoms with van der Waals surface area (Å²) in [6.07, 6.45) is 3.40. The number of aryl methyl sites for hydroxylation is 1. The fourth-order valence-electron chi connectivity index (χ4n) is 2.97. The Bertz CT molecular complexity index is 388. The molecule has 1 aromatic carbocycles. The van der Waals surface area contributed by atoms with Gasteiger partial charge in [0, 0.05) is 11.3 Å². The highest BCUT2D eigenvalue weighted by atomic mass is 35.5. The average molecular weight is 211 g/mol. The molecule has 2 heteroatoms. The van der Waals surface area contributed by atoms with E-state index in [1.54, 1.807) is 12.1 Å². The van der Waals surface area contributed by atoms with E-state index < -0.39 is 0 Å². The van der Waals surface area contributed by atoms with Gasteiger partial charge >= 0.3 is 0 Å². The zero-order valence-electron chi connectivity index (χ0n) is 7.89. The zero-order valence-corrected chi connectivity index (χ0v) is 8.65. The lowest BCUT2D eigenvalue weighted by molar-refractivity contribution is 0.621. The topological polar surface area (TPSA) is 0 Å². The minimum absolute atomic E-state index is 0.108. The smallest absolute Gasteiger partial charge is 0.123 e. The highest BCUT2D eigenvalue weighted by molar-refractivity contribution is 6.18. The van der Waals surface area contributed by atoms with Gasteiger partial charge in [-0.2, -0.15) is 0 Å². The SMILES string of the molecule is Fc1ccc2c(c1)CCC21CC1CCl. The second-order valence-corrected chi connectivity index (χ2v) is 4.82. The second-order valence-electron chi connectivity index (χ2n) is 4.51. The molecule has 0 heterocycles. The standard InChI is InChI=1S/C12H12ClF/c13-7-9-6-12(9)4-3-8-5-10(14)1-2-11(8)12/h1-2,5,9H,3-4,6-7H2. The van der Waals surface area contributed by atoms with Gasteiger partial charge in [-0.25, -0.2) is 4.39 Å². The fraction of sp³-hybridized carbons (Fsp3) is 0.500. The summed E-state index contributed by atoms with van der Waals surface area (Å²) in [7, 11) is 0. The third-order valence-electron chi connectivity index (χ3n) is 3.86. The molecule has 2 unspecified atom stereocenters. The largest absolute Gasteiger partial charge is 0.207 e. The van der Waals surface area contributed by atoms with E-state index in [2.05, 4.69) is 0 Å². The van der Waals surface area contributed by atoms with Crippen LogP contribution in [0.15, 0.2) is 18.2 Å². The van der Waals surface area contributed by atoms with Gasteiger partial charge in [-0.1, -0.05) is 6.07 Å². The van der Waals surface area contributed by atoms with Crippen molar-refractivity contribution in [3.05, 3.63) is 35.1 Å². The van der Waals surface area contributed by atoms with E-state index in [-0.39, 0.29) is 5.82 Å². The number of hydrogen-bond donors (Lipinski definition) is 0. The van der Waals surface area contributed by atoms with Crippen LogP contribution in [0.25, 0.3) is 0 Å². The number of alkyl halides is 1. The van der Waals surface area contributed by atoms with Crippen LogP contribution in [0, 0.1) is 11.7 Å². The Kier molecular flexibility index (Phi) is 1.70. The summed E-state index contributed by atoms with van der Waals surface area (Å²) in [6, 6.07) is 5.23. The summed E-state index contributed by atoms with van der Waals surface area (Å²) in [4.78, 5) is 0. The molecule has 0 nitrogen and oxygen atoms in total. The molecule has 1 saturated carbocycles. The zero-order chi connectivity index (χ0) is 9.76. The van der Waals surface area contributed by atoms with Crippen LogP contribution in [0.4, 0.5) is 4.39 Å². The van der Waals surface area contributed by atoms with E-state index in [4.69, 9.17) is 11.6 Å². The normalized spacial score (nSPS) is 33.4. The third kappa shape index (κ3) is 0.993. The predicted octanol–water partition coefficient (Wildman–Crippen LogP) is 3.27. The van der Waals surface area contributed by atoms with Gasteiger partial charge in [-0.05, 0) is 48.4 Å². The molecular formula is C12H12ClF. The van der Waals surface area contributed by atoms with Crippen molar-refractivity contribution in [3.8, 4) is 0 Å². The van der Waals surface area contributed by atoms with Crippen molar-refractivity contribution in [2.24, 2.45) is 5.92 Å². The monoisotopic (exact) mass is 210 g/mol. The van der Waals surface area contributed by atoms with Crippen LogP contribution < -0.4 is 0 Å². The van der Waals surface area contributed by atoms with Crippen molar-refractivity contribution >= 4 is 11.6 Å². The van der Waals surface area contributed by atoms with Gasteiger partial charge in [-0.3, -0.25) is 0 Å². The lowest BCUT2D eigenvalue weighted by Gasteiger charge is -2.09. The molecule has 14 heavy (non-hydrogen) atoms. The summed E-state index contributed by atoms with van der Waals surface area (Å²) in [5.74, 6) is 1.27. The summed E-state index contributed by atoms with van der Waals surface area (Å²) in [5.41, 5.74) is 2.91. The Balaban J connectivity index is 2.04. The maximum atomic E-state index is 13.0. The van der Waals surface area contributed by atoms with Crippen LogP contribution in [-0.2, 0) is 11.8 Å². The van der Waals surface area contributed by atoms with Crippen LogP contribution >= 0.6 is 11.6 Å². The molecule has 0 N–H and O–H groups in total. The molecule has 2 aliphatic carbocycles. The molecule has 1 aromatic rings. The van der Waals surface area contributed by atoms with E-state index >= 15 is 0 Å². The Hall–Kier alpha value is -0.560. The summed E-state index contributed by atoms with van der Waals surface area (Å²) < 4.78 is 13.0. The number of hydrogen-bond acceptors (Lipinski definition) is 0. The average Bonchev–Trinajstić information content (AvgIpc) is 2.78. The molecule has 0 aromatic heterocycles. The minimum Gasteiger partial charge on any atom is -0.207 e. The highest BCUT2D eigenvalue weighted by Crippen LogP contribution is 2.61. The van der Waals surface area contributed by atoms with Gasteiger partial charge in [0.1, 0.15) is 5.82 Å². The first-order chi connectivity index (χ1) is 6.76. The number of halogens is 2. The van der Waals surface area contributed by atoms with Gasteiger partial charge in [0.05, 0.1) is 0 Å². The van der Waals surface area contributed by atoms with Crippen LogP contribution in [0.1, 0.15) is 24.0 Å². The van der Waals surface area contributed by atoms with Crippen molar-refractivity contribution < 1.29 is 4.39 Å². The van der Waals surface area contributed by atoms with Crippen molar-refractivity contribution in [3.63, 3.8) is 0 Å². The molecule has 0 bridgehead atoms. The van der Waals surface area contributed by atoms with Gasteiger partial charge in [0.15, 0.2) is 0 Å². The fourth-order valence-corrected chi connectivity index (χ4v) is 3.37. The van der Waals surface area contributed by atoms with Crippen LogP contribution in [0.3, 0.4) is 0 Å². The molecule has 1 fully saturated rings. The Morgan fingerprint density at radius 1 is 1.50 bits per heavy atom. The minimum atomic E-state index is -0.108. The van der Waals surface area contributed by atoms with Crippen molar-refractivity contribution in [1.82, 2.24) is 0 Å². The molecule has 2 atom stereocenters. The Morgan fingerprint density at radius 3 is 3.07 bits per heavy atom. The first kappa shape index (κ1) is 8.72. The molecule has 1 spiro atoms.